The van der Waals surface area contributed by atoms with E-state index in [0.717, 1.165) is 6.42 Å². The first-order valence-electron chi connectivity index (χ1n) is 6.20. The summed E-state index contributed by atoms with van der Waals surface area (Å²) in [5.41, 5.74) is 8.50. The number of aryl methyl sites for hydroxylation is 1. The van der Waals surface area contributed by atoms with Crippen LogP contribution in [-0.4, -0.2) is 11.4 Å². The molecule has 0 saturated carbocycles. The van der Waals surface area contributed by atoms with Gasteiger partial charge in [-0.05, 0) is 37.5 Å². The van der Waals surface area contributed by atoms with Crippen LogP contribution in [0.5, 0.6) is 0 Å². The van der Waals surface area contributed by atoms with Gasteiger partial charge in [0.2, 0.25) is 0 Å². The molecule has 90 valence electrons. The molecule has 3 atom stereocenters. The summed E-state index contributed by atoms with van der Waals surface area (Å²) < 4.78 is 0. The summed E-state index contributed by atoms with van der Waals surface area (Å²) >= 11 is 1.95. The van der Waals surface area contributed by atoms with E-state index >= 15 is 0 Å². The summed E-state index contributed by atoms with van der Waals surface area (Å²) in [5, 5.41) is 4.10. The number of hydrogen-bond acceptors (Lipinski definition) is 3. The van der Waals surface area contributed by atoms with Gasteiger partial charge in [0, 0.05) is 22.5 Å². The first-order valence-corrected chi connectivity index (χ1v) is 7.08. The summed E-state index contributed by atoms with van der Waals surface area (Å²) in [5.74, 6) is 0.604. The number of nitrogens with one attached hydrogen (secondary N) is 1. The molecule has 2 nitrogen and oxygen atoms in total. The highest BCUT2D eigenvalue weighted by molar-refractivity contribution is 8.00. The molecule has 0 radical (unpaired) electrons. The van der Waals surface area contributed by atoms with E-state index in [-0.39, 0.29) is 6.04 Å². The van der Waals surface area contributed by atoms with Crippen LogP contribution in [0.4, 0.5) is 5.69 Å². The topological polar surface area (TPSA) is 38.0 Å². The monoisotopic (exact) mass is 246 g/mol. The van der Waals surface area contributed by atoms with Gasteiger partial charge in [-0.1, -0.05) is 30.0 Å². The van der Waals surface area contributed by atoms with Crippen molar-refractivity contribution in [3.05, 3.63) is 35.9 Å². The zero-order chi connectivity index (χ0) is 11.8. The van der Waals surface area contributed by atoms with Crippen LogP contribution in [0.2, 0.25) is 0 Å². The lowest BCUT2D eigenvalue weighted by atomic mass is 9.93. The molecule has 0 fully saturated rings. The van der Waals surface area contributed by atoms with Crippen molar-refractivity contribution in [1.82, 2.24) is 0 Å². The first kappa shape index (κ1) is 11.2. The van der Waals surface area contributed by atoms with Gasteiger partial charge >= 0.3 is 0 Å². The summed E-state index contributed by atoms with van der Waals surface area (Å²) in [6.07, 6.45) is 6.74. The van der Waals surface area contributed by atoms with Gasteiger partial charge in [0.25, 0.3) is 0 Å². The fraction of sp³-hybridized carbons (Fsp3) is 0.429. The van der Waals surface area contributed by atoms with Crippen LogP contribution in [0.3, 0.4) is 0 Å². The van der Waals surface area contributed by atoms with E-state index in [1.165, 1.54) is 22.6 Å². The quantitative estimate of drug-likeness (QED) is 0.748. The van der Waals surface area contributed by atoms with E-state index in [1.54, 1.807) is 0 Å². The van der Waals surface area contributed by atoms with Crippen molar-refractivity contribution in [2.24, 2.45) is 11.7 Å². The van der Waals surface area contributed by atoms with Crippen molar-refractivity contribution in [1.29, 1.82) is 0 Å². The molecule has 3 rings (SSSR count). The standard InChI is InChI=1S/C14H18N2S/c1-9-2-7-12-13(8-9)17-14(16-12)10-3-5-11(15)6-4-10/h2-3,5,7-8,10-11,14,16H,4,6,15H2,1H3/t10?,11-,14+/m0/s1. The van der Waals surface area contributed by atoms with Crippen LogP contribution >= 0.6 is 11.8 Å². The van der Waals surface area contributed by atoms with Gasteiger partial charge in [-0.25, -0.2) is 0 Å². The molecule has 1 heterocycles. The van der Waals surface area contributed by atoms with Crippen molar-refractivity contribution in [2.75, 3.05) is 5.32 Å². The van der Waals surface area contributed by atoms with E-state index in [1.807, 2.05) is 11.8 Å². The molecule has 0 spiro atoms. The van der Waals surface area contributed by atoms with E-state index in [4.69, 9.17) is 5.73 Å². The van der Waals surface area contributed by atoms with Gasteiger partial charge in [-0.2, -0.15) is 0 Å². The Balaban J connectivity index is 1.76. The van der Waals surface area contributed by atoms with Gasteiger partial charge in [0.1, 0.15) is 0 Å². The minimum Gasteiger partial charge on any atom is -0.372 e. The third-order valence-corrected chi connectivity index (χ3v) is 4.83. The fourth-order valence-corrected chi connectivity index (χ4v) is 3.84. The largest absolute Gasteiger partial charge is 0.372 e. The number of fused-ring (bicyclic) bond motifs is 1. The van der Waals surface area contributed by atoms with Gasteiger partial charge in [0.15, 0.2) is 0 Å². The average Bonchev–Trinajstić information content (AvgIpc) is 2.72. The number of benzene rings is 1. The summed E-state index contributed by atoms with van der Waals surface area (Å²) in [6, 6.07) is 6.89. The molecule has 2 aliphatic rings. The molecule has 3 N–H and O–H groups in total. The molecule has 0 saturated heterocycles. The molecule has 1 aliphatic carbocycles. The Labute approximate surface area is 107 Å². The molecule has 0 bridgehead atoms. The Morgan fingerprint density at radius 1 is 1.29 bits per heavy atom. The molecule has 1 aromatic carbocycles. The molecular weight excluding hydrogens is 228 g/mol. The molecule has 1 aromatic rings. The second kappa shape index (κ2) is 4.39. The molecular formula is C14H18N2S. The Hall–Kier alpha value is -0.930. The smallest absolute Gasteiger partial charge is 0.0832 e. The molecule has 1 aliphatic heterocycles. The van der Waals surface area contributed by atoms with Crippen molar-refractivity contribution in [3.8, 4) is 0 Å². The Morgan fingerprint density at radius 3 is 2.94 bits per heavy atom. The van der Waals surface area contributed by atoms with E-state index < -0.39 is 0 Å². The van der Waals surface area contributed by atoms with E-state index in [2.05, 4.69) is 42.6 Å². The van der Waals surface area contributed by atoms with Crippen LogP contribution in [0, 0.1) is 12.8 Å². The van der Waals surface area contributed by atoms with Gasteiger partial charge in [-0.15, -0.1) is 0 Å². The predicted molar refractivity (Wildman–Crippen MR) is 74.3 cm³/mol. The highest BCUT2D eigenvalue weighted by Crippen LogP contribution is 2.43. The lowest BCUT2D eigenvalue weighted by molar-refractivity contribution is 0.512. The maximum Gasteiger partial charge on any atom is 0.0832 e. The zero-order valence-electron chi connectivity index (χ0n) is 10.0. The maximum absolute atomic E-state index is 5.89. The van der Waals surface area contributed by atoms with Crippen LogP contribution in [0.15, 0.2) is 35.2 Å². The number of rotatable bonds is 1. The van der Waals surface area contributed by atoms with Crippen LogP contribution in [0.1, 0.15) is 18.4 Å². The summed E-state index contributed by atoms with van der Waals surface area (Å²) in [4.78, 5) is 1.39. The highest BCUT2D eigenvalue weighted by Gasteiger charge is 2.28. The van der Waals surface area contributed by atoms with Crippen LogP contribution < -0.4 is 11.1 Å². The summed E-state index contributed by atoms with van der Waals surface area (Å²) in [7, 11) is 0. The van der Waals surface area contributed by atoms with Crippen LogP contribution in [0.25, 0.3) is 0 Å². The first-order chi connectivity index (χ1) is 8.22. The maximum atomic E-state index is 5.89. The van der Waals surface area contributed by atoms with E-state index in [9.17, 15) is 0 Å². The van der Waals surface area contributed by atoms with E-state index in [0.29, 0.717) is 11.3 Å². The van der Waals surface area contributed by atoms with Gasteiger partial charge < -0.3 is 11.1 Å². The summed E-state index contributed by atoms with van der Waals surface area (Å²) in [6.45, 7) is 2.15. The SMILES string of the molecule is Cc1ccc2c(c1)S[C@H](C1C=C[C@H](N)CC1)N2. The minimum atomic E-state index is 0.266. The van der Waals surface area contributed by atoms with Gasteiger partial charge in [-0.3, -0.25) is 0 Å². The highest BCUT2D eigenvalue weighted by atomic mass is 32.2. The van der Waals surface area contributed by atoms with Crippen LogP contribution in [-0.2, 0) is 0 Å². The number of nitrogens with two attached hydrogens (primary N) is 1. The Kier molecular flexibility index (Phi) is 2.89. The van der Waals surface area contributed by atoms with Crippen molar-refractivity contribution in [3.63, 3.8) is 0 Å². The van der Waals surface area contributed by atoms with Crippen molar-refractivity contribution in [2.45, 2.75) is 36.1 Å². The molecule has 0 amide bonds. The fourth-order valence-electron chi connectivity index (χ4n) is 2.48. The molecule has 0 aromatic heterocycles. The molecule has 3 heteroatoms. The zero-order valence-corrected chi connectivity index (χ0v) is 10.8. The van der Waals surface area contributed by atoms with Crippen molar-refractivity contribution < 1.29 is 0 Å². The number of thioether (sulfide) groups is 1. The second-order valence-electron chi connectivity index (χ2n) is 4.97. The second-order valence-corrected chi connectivity index (χ2v) is 6.16. The normalized spacial score (nSPS) is 31.1. The third-order valence-electron chi connectivity index (χ3n) is 3.52. The predicted octanol–water partition coefficient (Wildman–Crippen LogP) is 3.13. The Morgan fingerprint density at radius 2 is 2.18 bits per heavy atom. The lowest BCUT2D eigenvalue weighted by Crippen LogP contribution is -2.28. The Bertz CT molecular complexity index is 456. The minimum absolute atomic E-state index is 0.266. The van der Waals surface area contributed by atoms with Crippen molar-refractivity contribution >= 4 is 17.4 Å². The molecule has 17 heavy (non-hydrogen) atoms. The number of hydrogen-bond donors (Lipinski definition) is 2. The third kappa shape index (κ3) is 2.22. The molecule has 1 unspecified atom stereocenters. The lowest BCUT2D eigenvalue weighted by Gasteiger charge is -2.25. The van der Waals surface area contributed by atoms with Gasteiger partial charge in [0.05, 0.1) is 5.37 Å². The average molecular weight is 246 g/mol. The number of anilines is 1.